The van der Waals surface area contributed by atoms with Crippen LogP contribution in [0.5, 0.6) is 0 Å². The molecule has 1 saturated heterocycles. The monoisotopic (exact) mass is 343 g/mol. The largest absolute Gasteiger partial charge is 0.345 e. The molecule has 3 aromatic rings. The Labute approximate surface area is 145 Å². The van der Waals surface area contributed by atoms with Crippen molar-refractivity contribution in [2.45, 2.75) is 6.54 Å². The van der Waals surface area contributed by atoms with Crippen molar-refractivity contribution in [3.8, 4) is 0 Å². The number of rotatable bonds is 3. The third-order valence-electron chi connectivity index (χ3n) is 4.61. The molecule has 0 spiro atoms. The van der Waals surface area contributed by atoms with Crippen LogP contribution >= 0.6 is 11.6 Å². The summed E-state index contributed by atoms with van der Waals surface area (Å²) in [5.41, 5.74) is 1.89. The smallest absolute Gasteiger partial charge is 0.163 e. The zero-order valence-corrected chi connectivity index (χ0v) is 14.4. The summed E-state index contributed by atoms with van der Waals surface area (Å²) >= 11 is 6.27. The molecule has 1 aliphatic rings. The number of anilines is 1. The molecule has 0 radical (unpaired) electrons. The zero-order chi connectivity index (χ0) is 16.5. The molecule has 2 aromatic heterocycles. The van der Waals surface area contributed by atoms with E-state index in [1.807, 2.05) is 35.1 Å². The fraction of sp³-hybridized carbons (Fsp3) is 0.353. The second kappa shape index (κ2) is 6.37. The van der Waals surface area contributed by atoms with E-state index >= 15 is 0 Å². The number of halogens is 1. The number of piperazine rings is 1. The quantitative estimate of drug-likeness (QED) is 0.766. The van der Waals surface area contributed by atoms with Crippen molar-refractivity contribution in [3.63, 3.8) is 0 Å². The summed E-state index contributed by atoms with van der Waals surface area (Å²) in [6.45, 7) is 4.87. The number of likely N-dealkylation sites (N-methyl/N-ethyl adjacent to an activating group) is 1. The Hall–Kier alpha value is -2.18. The summed E-state index contributed by atoms with van der Waals surface area (Å²) in [4.78, 5) is 12.9. The molecule has 0 amide bonds. The molecule has 1 aliphatic heterocycles. The van der Waals surface area contributed by atoms with Gasteiger partial charge in [-0.1, -0.05) is 29.8 Å². The molecule has 1 aromatic carbocycles. The summed E-state index contributed by atoms with van der Waals surface area (Å²) in [6.07, 6.45) is 3.50. The molecule has 0 unspecified atom stereocenters. The number of hydrogen-bond donors (Lipinski definition) is 1. The Bertz CT molecular complexity index is 853. The maximum atomic E-state index is 6.27. The fourth-order valence-electron chi connectivity index (χ4n) is 3.14. The first-order valence-electron chi connectivity index (χ1n) is 8.18. The molecular formula is C17H20ClN6+. The van der Waals surface area contributed by atoms with Crippen LogP contribution in [0.4, 0.5) is 5.82 Å². The van der Waals surface area contributed by atoms with Crippen molar-refractivity contribution in [1.29, 1.82) is 0 Å². The highest BCUT2D eigenvalue weighted by Gasteiger charge is 2.21. The topological polar surface area (TPSA) is 51.3 Å². The second-order valence-electron chi connectivity index (χ2n) is 6.27. The van der Waals surface area contributed by atoms with Gasteiger partial charge in [-0.2, -0.15) is 5.10 Å². The minimum absolute atomic E-state index is 0.604. The van der Waals surface area contributed by atoms with Gasteiger partial charge in [-0.05, 0) is 11.6 Å². The predicted octanol–water partition coefficient (Wildman–Crippen LogP) is 0.863. The molecule has 24 heavy (non-hydrogen) atoms. The Kier molecular flexibility index (Phi) is 4.08. The second-order valence-corrected chi connectivity index (χ2v) is 6.68. The van der Waals surface area contributed by atoms with Crippen LogP contribution in [0.1, 0.15) is 5.56 Å². The molecule has 0 aliphatic carbocycles. The van der Waals surface area contributed by atoms with E-state index in [1.165, 1.54) is 0 Å². The minimum atomic E-state index is 0.604. The van der Waals surface area contributed by atoms with Gasteiger partial charge in [0.1, 0.15) is 12.1 Å². The Morgan fingerprint density at radius 3 is 2.75 bits per heavy atom. The van der Waals surface area contributed by atoms with Gasteiger partial charge in [0.25, 0.3) is 0 Å². The van der Waals surface area contributed by atoms with Gasteiger partial charge in [0.05, 0.1) is 51.4 Å². The van der Waals surface area contributed by atoms with E-state index in [0.29, 0.717) is 6.54 Å². The van der Waals surface area contributed by atoms with Gasteiger partial charge in [-0.25, -0.2) is 14.6 Å². The van der Waals surface area contributed by atoms with Gasteiger partial charge in [0, 0.05) is 5.02 Å². The van der Waals surface area contributed by atoms with Crippen LogP contribution in [0, 0.1) is 0 Å². The van der Waals surface area contributed by atoms with Crippen molar-refractivity contribution in [2.24, 2.45) is 0 Å². The van der Waals surface area contributed by atoms with Gasteiger partial charge < -0.3 is 9.80 Å². The highest BCUT2D eigenvalue weighted by atomic mass is 35.5. The molecule has 3 heterocycles. The van der Waals surface area contributed by atoms with E-state index in [1.54, 1.807) is 11.2 Å². The fourth-order valence-corrected chi connectivity index (χ4v) is 3.33. The van der Waals surface area contributed by atoms with Crippen molar-refractivity contribution in [3.05, 3.63) is 47.4 Å². The molecule has 0 bridgehead atoms. The number of hydrogen-bond acceptors (Lipinski definition) is 4. The Morgan fingerprint density at radius 1 is 1.17 bits per heavy atom. The highest BCUT2D eigenvalue weighted by molar-refractivity contribution is 6.31. The van der Waals surface area contributed by atoms with E-state index in [4.69, 9.17) is 11.6 Å². The lowest BCUT2D eigenvalue weighted by Gasteiger charge is -2.30. The molecule has 0 saturated carbocycles. The summed E-state index contributed by atoms with van der Waals surface area (Å²) in [5, 5.41) is 6.28. The Morgan fingerprint density at radius 2 is 1.96 bits per heavy atom. The molecule has 4 rings (SSSR count). The van der Waals surface area contributed by atoms with Gasteiger partial charge in [-0.3, -0.25) is 0 Å². The van der Waals surface area contributed by atoms with Gasteiger partial charge in [0.2, 0.25) is 0 Å². The van der Waals surface area contributed by atoms with E-state index < -0.39 is 0 Å². The standard InChI is InChI=1S/C17H19ClN6/c1-22-6-8-23(9-7-22)16-14-10-21-24(17(14)20-12-19-16)11-13-4-2-3-5-15(13)18/h2-5,10,12H,6-9,11H2,1H3/p+1. The molecule has 7 heteroatoms. The first kappa shape index (κ1) is 15.4. The van der Waals surface area contributed by atoms with Gasteiger partial charge >= 0.3 is 0 Å². The van der Waals surface area contributed by atoms with E-state index in [2.05, 4.69) is 27.0 Å². The molecule has 6 nitrogen and oxygen atoms in total. The number of aromatic nitrogens is 4. The summed E-state index contributed by atoms with van der Waals surface area (Å²) < 4.78 is 1.89. The van der Waals surface area contributed by atoms with Crippen LogP contribution in [-0.4, -0.2) is 53.0 Å². The van der Waals surface area contributed by atoms with Crippen LogP contribution < -0.4 is 9.80 Å². The summed E-state index contributed by atoms with van der Waals surface area (Å²) in [5.74, 6) is 0.984. The lowest BCUT2D eigenvalue weighted by atomic mass is 10.2. The van der Waals surface area contributed by atoms with E-state index in [-0.39, 0.29) is 0 Å². The lowest BCUT2D eigenvalue weighted by molar-refractivity contribution is -0.880. The third-order valence-corrected chi connectivity index (χ3v) is 4.98. The number of quaternary nitrogens is 1. The van der Waals surface area contributed by atoms with Crippen molar-refractivity contribution >= 4 is 28.5 Å². The predicted molar refractivity (Wildman–Crippen MR) is 94.7 cm³/mol. The summed E-state index contributed by atoms with van der Waals surface area (Å²) in [6, 6.07) is 7.83. The first-order valence-corrected chi connectivity index (χ1v) is 8.56. The van der Waals surface area contributed by atoms with Crippen molar-refractivity contribution in [2.75, 3.05) is 38.1 Å². The first-order chi connectivity index (χ1) is 11.7. The maximum Gasteiger partial charge on any atom is 0.163 e. The summed E-state index contributed by atoms with van der Waals surface area (Å²) in [7, 11) is 2.23. The average Bonchev–Trinajstić information content (AvgIpc) is 3.01. The van der Waals surface area contributed by atoms with Crippen molar-refractivity contribution < 1.29 is 4.90 Å². The zero-order valence-electron chi connectivity index (χ0n) is 13.6. The molecule has 1 N–H and O–H groups in total. The number of benzene rings is 1. The van der Waals surface area contributed by atoms with Gasteiger partial charge in [-0.15, -0.1) is 0 Å². The van der Waals surface area contributed by atoms with E-state index in [0.717, 1.165) is 53.6 Å². The van der Waals surface area contributed by atoms with Crippen LogP contribution in [0.15, 0.2) is 36.8 Å². The van der Waals surface area contributed by atoms with E-state index in [9.17, 15) is 0 Å². The highest BCUT2D eigenvalue weighted by Crippen LogP contribution is 2.24. The van der Waals surface area contributed by atoms with Crippen LogP contribution in [0.2, 0.25) is 5.02 Å². The number of nitrogens with one attached hydrogen (secondary N) is 1. The third kappa shape index (κ3) is 2.83. The van der Waals surface area contributed by atoms with Crippen molar-refractivity contribution in [1.82, 2.24) is 19.7 Å². The normalized spacial score (nSPS) is 16.0. The van der Waals surface area contributed by atoms with Crippen LogP contribution in [0.3, 0.4) is 0 Å². The van der Waals surface area contributed by atoms with Crippen LogP contribution in [-0.2, 0) is 6.54 Å². The molecule has 0 atom stereocenters. The molecular weight excluding hydrogens is 324 g/mol. The van der Waals surface area contributed by atoms with Crippen LogP contribution in [0.25, 0.3) is 11.0 Å². The number of nitrogens with zero attached hydrogens (tertiary/aromatic N) is 5. The van der Waals surface area contributed by atoms with Gasteiger partial charge in [0.15, 0.2) is 5.65 Å². The number of fused-ring (bicyclic) bond motifs is 1. The minimum Gasteiger partial charge on any atom is -0.345 e. The molecule has 1 fully saturated rings. The molecule has 124 valence electrons. The average molecular weight is 344 g/mol. The maximum absolute atomic E-state index is 6.27. The SMILES string of the molecule is C[NH+]1CCN(c2ncnc3c2cnn3Cc2ccccc2Cl)CC1. The lowest BCUT2D eigenvalue weighted by Crippen LogP contribution is -3.12. The Balaban J connectivity index is 1.68.